The van der Waals surface area contributed by atoms with Crippen LogP contribution in [0.25, 0.3) is 17.2 Å². The molecular formula is C27H32F4OS. The van der Waals surface area contributed by atoms with Gasteiger partial charge in [0.05, 0.1) is 18.3 Å². The summed E-state index contributed by atoms with van der Waals surface area (Å²) in [5, 5.41) is 0. The van der Waals surface area contributed by atoms with Crippen molar-refractivity contribution in [1.82, 2.24) is 0 Å². The SMILES string of the molecule is CCCCSc1ccc(-c2ccc(/C=C/C3CCC(CCC)CO3)c(F)c2C(F)(F)F)cc1. The molecule has 1 saturated heterocycles. The lowest BCUT2D eigenvalue weighted by molar-refractivity contribution is -0.139. The lowest BCUT2D eigenvalue weighted by atomic mass is 9.93. The zero-order valence-electron chi connectivity index (χ0n) is 19.3. The van der Waals surface area contributed by atoms with Crippen LogP contribution in [-0.2, 0) is 10.9 Å². The summed E-state index contributed by atoms with van der Waals surface area (Å²) >= 11 is 1.67. The highest BCUT2D eigenvalue weighted by molar-refractivity contribution is 7.99. The van der Waals surface area contributed by atoms with Crippen molar-refractivity contribution in [3.63, 3.8) is 0 Å². The summed E-state index contributed by atoms with van der Waals surface area (Å²) in [6.07, 6.45) is 4.32. The molecule has 2 unspecified atom stereocenters. The van der Waals surface area contributed by atoms with Crippen molar-refractivity contribution >= 4 is 17.8 Å². The summed E-state index contributed by atoms with van der Waals surface area (Å²) in [5.41, 5.74) is -1.08. The van der Waals surface area contributed by atoms with E-state index in [1.807, 2.05) is 0 Å². The van der Waals surface area contributed by atoms with Crippen LogP contribution in [0.1, 0.15) is 63.5 Å². The van der Waals surface area contributed by atoms with E-state index in [9.17, 15) is 13.2 Å². The minimum Gasteiger partial charge on any atom is -0.374 e. The summed E-state index contributed by atoms with van der Waals surface area (Å²) in [7, 11) is 0. The Kier molecular flexibility index (Phi) is 9.45. The van der Waals surface area contributed by atoms with Crippen LogP contribution in [0, 0.1) is 11.7 Å². The van der Waals surface area contributed by atoms with E-state index in [0.29, 0.717) is 18.1 Å². The number of thioether (sulfide) groups is 1. The molecule has 0 N–H and O–H groups in total. The predicted octanol–water partition coefficient (Wildman–Crippen LogP) is 9.01. The van der Waals surface area contributed by atoms with Gasteiger partial charge in [0.1, 0.15) is 5.82 Å². The van der Waals surface area contributed by atoms with Crippen molar-refractivity contribution in [2.45, 2.75) is 69.5 Å². The van der Waals surface area contributed by atoms with Gasteiger partial charge >= 0.3 is 6.18 Å². The third-order valence-electron chi connectivity index (χ3n) is 5.98. The molecule has 0 radical (unpaired) electrons. The molecule has 0 aromatic heterocycles. The lowest BCUT2D eigenvalue weighted by Gasteiger charge is -2.27. The molecule has 0 spiro atoms. The quantitative estimate of drug-likeness (QED) is 0.201. The zero-order chi connectivity index (χ0) is 23.8. The largest absolute Gasteiger partial charge is 0.419 e. The Labute approximate surface area is 198 Å². The highest BCUT2D eigenvalue weighted by Gasteiger charge is 2.38. The summed E-state index contributed by atoms with van der Waals surface area (Å²) in [4.78, 5) is 0.995. The first-order valence-corrected chi connectivity index (χ1v) is 12.7. The first-order chi connectivity index (χ1) is 15.8. The van der Waals surface area contributed by atoms with Gasteiger partial charge in [0.25, 0.3) is 0 Å². The zero-order valence-corrected chi connectivity index (χ0v) is 20.1. The average Bonchev–Trinajstić information content (AvgIpc) is 2.79. The van der Waals surface area contributed by atoms with Crippen LogP contribution in [-0.4, -0.2) is 18.5 Å². The molecule has 3 rings (SSSR count). The number of hydrogen-bond donors (Lipinski definition) is 0. The topological polar surface area (TPSA) is 9.23 Å². The van der Waals surface area contributed by atoms with Crippen molar-refractivity contribution in [3.05, 3.63) is 59.4 Å². The van der Waals surface area contributed by atoms with E-state index in [1.54, 1.807) is 42.1 Å². The van der Waals surface area contributed by atoms with Gasteiger partial charge in [0.2, 0.25) is 0 Å². The van der Waals surface area contributed by atoms with Crippen molar-refractivity contribution < 1.29 is 22.3 Å². The van der Waals surface area contributed by atoms with Crippen LogP contribution in [0.4, 0.5) is 17.6 Å². The van der Waals surface area contributed by atoms with Crippen LogP contribution in [0.3, 0.4) is 0 Å². The maximum atomic E-state index is 15.1. The molecule has 2 atom stereocenters. The second kappa shape index (κ2) is 12.1. The fraction of sp³-hybridized carbons (Fsp3) is 0.481. The minimum absolute atomic E-state index is 0.0721. The maximum absolute atomic E-state index is 15.1. The normalized spacial score (nSPS) is 19.3. The molecule has 2 aromatic carbocycles. The molecule has 1 aliphatic rings. The third kappa shape index (κ3) is 7.10. The van der Waals surface area contributed by atoms with Gasteiger partial charge in [-0.25, -0.2) is 4.39 Å². The Morgan fingerprint density at radius 1 is 1.03 bits per heavy atom. The number of alkyl halides is 3. The minimum atomic E-state index is -4.80. The molecule has 33 heavy (non-hydrogen) atoms. The monoisotopic (exact) mass is 480 g/mol. The van der Waals surface area contributed by atoms with Crippen LogP contribution >= 0.6 is 11.8 Å². The molecule has 1 fully saturated rings. The Hall–Kier alpha value is -1.79. The van der Waals surface area contributed by atoms with Crippen LogP contribution in [0.5, 0.6) is 0 Å². The van der Waals surface area contributed by atoms with Gasteiger partial charge in [-0.05, 0) is 60.6 Å². The molecule has 0 bridgehead atoms. The van der Waals surface area contributed by atoms with E-state index in [0.717, 1.165) is 49.2 Å². The van der Waals surface area contributed by atoms with Gasteiger partial charge < -0.3 is 4.74 Å². The summed E-state index contributed by atoms with van der Waals surface area (Å²) < 4.78 is 62.5. The number of unbranched alkanes of at least 4 members (excludes halogenated alkanes) is 1. The molecule has 0 aliphatic carbocycles. The molecule has 0 saturated carbocycles. The van der Waals surface area contributed by atoms with E-state index < -0.39 is 17.6 Å². The summed E-state index contributed by atoms with van der Waals surface area (Å²) in [6, 6.07) is 9.65. The molecular weight excluding hydrogens is 448 g/mol. The van der Waals surface area contributed by atoms with E-state index in [-0.39, 0.29) is 17.2 Å². The van der Waals surface area contributed by atoms with Crippen LogP contribution in [0.15, 0.2) is 47.4 Å². The number of halogens is 4. The highest BCUT2D eigenvalue weighted by Crippen LogP contribution is 2.40. The highest BCUT2D eigenvalue weighted by atomic mass is 32.2. The van der Waals surface area contributed by atoms with E-state index in [4.69, 9.17) is 4.74 Å². The van der Waals surface area contributed by atoms with Crippen molar-refractivity contribution in [2.24, 2.45) is 5.92 Å². The summed E-state index contributed by atoms with van der Waals surface area (Å²) in [5.74, 6) is 0.254. The molecule has 1 nitrogen and oxygen atoms in total. The fourth-order valence-electron chi connectivity index (χ4n) is 4.13. The van der Waals surface area contributed by atoms with Gasteiger partial charge in [-0.3, -0.25) is 0 Å². The molecule has 0 amide bonds. The molecule has 1 aliphatic heterocycles. The number of benzene rings is 2. The first kappa shape index (κ1) is 25.8. The second-order valence-corrected chi connectivity index (χ2v) is 9.75. The lowest BCUT2D eigenvalue weighted by Crippen LogP contribution is -2.24. The smallest absolute Gasteiger partial charge is 0.374 e. The Morgan fingerprint density at radius 2 is 1.79 bits per heavy atom. The number of hydrogen-bond acceptors (Lipinski definition) is 2. The van der Waals surface area contributed by atoms with Crippen LogP contribution in [0.2, 0.25) is 0 Å². The maximum Gasteiger partial charge on any atom is 0.419 e. The van der Waals surface area contributed by atoms with Gasteiger partial charge in [-0.15, -0.1) is 11.8 Å². The molecule has 2 aromatic rings. The number of rotatable bonds is 9. The Morgan fingerprint density at radius 3 is 2.39 bits per heavy atom. The van der Waals surface area contributed by atoms with E-state index in [2.05, 4.69) is 13.8 Å². The third-order valence-corrected chi connectivity index (χ3v) is 7.08. The van der Waals surface area contributed by atoms with Crippen molar-refractivity contribution in [1.29, 1.82) is 0 Å². The first-order valence-electron chi connectivity index (χ1n) is 11.8. The van der Waals surface area contributed by atoms with Crippen LogP contribution < -0.4 is 0 Å². The molecule has 6 heteroatoms. The fourth-order valence-corrected chi connectivity index (χ4v) is 5.13. The molecule has 1 heterocycles. The second-order valence-electron chi connectivity index (χ2n) is 8.58. The standard InChI is InChI=1S/C27H32F4OS/c1-3-5-17-33-23-14-9-20(10-15-23)24-16-11-21(26(28)25(24)27(29,30)31)8-13-22-12-7-19(6-4-2)18-32-22/h8-11,13-16,19,22H,3-7,12,17-18H2,1-2H3/b13-8+. The van der Waals surface area contributed by atoms with Crippen molar-refractivity contribution in [2.75, 3.05) is 12.4 Å². The molecule has 180 valence electrons. The predicted molar refractivity (Wildman–Crippen MR) is 129 cm³/mol. The Balaban J connectivity index is 1.81. The van der Waals surface area contributed by atoms with Crippen molar-refractivity contribution in [3.8, 4) is 11.1 Å². The van der Waals surface area contributed by atoms with E-state index >= 15 is 4.39 Å². The van der Waals surface area contributed by atoms with Gasteiger partial charge in [0, 0.05) is 10.5 Å². The average molecular weight is 481 g/mol. The van der Waals surface area contributed by atoms with Gasteiger partial charge in [0.15, 0.2) is 0 Å². The number of ether oxygens (including phenoxy) is 1. The van der Waals surface area contributed by atoms with Gasteiger partial charge in [-0.1, -0.05) is 63.1 Å². The summed E-state index contributed by atoms with van der Waals surface area (Å²) in [6.45, 7) is 4.89. The van der Waals surface area contributed by atoms with E-state index in [1.165, 1.54) is 18.2 Å². The Bertz CT molecular complexity index is 913. The van der Waals surface area contributed by atoms with Gasteiger partial charge in [-0.2, -0.15) is 13.2 Å².